The van der Waals surface area contributed by atoms with Gasteiger partial charge in [-0.15, -0.1) is 6.58 Å². The number of phenolic OH excluding ortho intramolecular Hbond substituents is 3. The summed E-state index contributed by atoms with van der Waals surface area (Å²) in [6.45, 7) is 3.60. The molecular formula is C18H15IO5. The van der Waals surface area contributed by atoms with E-state index in [1.54, 1.807) is 18.2 Å². The van der Waals surface area contributed by atoms with Crippen LogP contribution in [-0.4, -0.2) is 21.1 Å². The van der Waals surface area contributed by atoms with Gasteiger partial charge in [0, 0.05) is 5.56 Å². The van der Waals surface area contributed by atoms with Crippen LogP contribution in [0.4, 0.5) is 0 Å². The number of benzene rings is 2. The molecule has 0 bridgehead atoms. The second-order valence-corrected chi connectivity index (χ2v) is 6.59. The number of ether oxygens (including phenoxy) is 1. The van der Waals surface area contributed by atoms with E-state index in [1.807, 2.05) is 22.6 Å². The summed E-state index contributed by atoms with van der Waals surface area (Å²) in [5, 5.41) is 30.1. The van der Waals surface area contributed by atoms with Crippen molar-refractivity contribution in [2.45, 2.75) is 18.9 Å². The molecule has 1 unspecified atom stereocenters. The lowest BCUT2D eigenvalue weighted by Crippen LogP contribution is -2.22. The largest absolute Gasteiger partial charge is 0.508 e. The maximum absolute atomic E-state index is 12.6. The number of hydrogen-bond acceptors (Lipinski definition) is 5. The molecule has 24 heavy (non-hydrogen) atoms. The van der Waals surface area contributed by atoms with Crippen molar-refractivity contribution in [3.8, 4) is 23.0 Å². The number of fused-ring (bicyclic) bond motifs is 1. The highest BCUT2D eigenvalue weighted by molar-refractivity contribution is 14.1. The molecular weight excluding hydrogens is 423 g/mol. The fourth-order valence-electron chi connectivity index (χ4n) is 2.76. The van der Waals surface area contributed by atoms with Crippen LogP contribution in [0.3, 0.4) is 0 Å². The third-order valence-electron chi connectivity index (χ3n) is 3.97. The van der Waals surface area contributed by atoms with Crippen molar-refractivity contribution in [1.82, 2.24) is 0 Å². The fourth-order valence-corrected chi connectivity index (χ4v) is 3.48. The van der Waals surface area contributed by atoms with Gasteiger partial charge in [0.25, 0.3) is 0 Å². The van der Waals surface area contributed by atoms with Crippen molar-refractivity contribution in [3.63, 3.8) is 0 Å². The van der Waals surface area contributed by atoms with E-state index in [9.17, 15) is 20.1 Å². The van der Waals surface area contributed by atoms with Crippen molar-refractivity contribution in [3.05, 3.63) is 57.2 Å². The van der Waals surface area contributed by atoms with Gasteiger partial charge in [-0.3, -0.25) is 4.79 Å². The molecule has 1 atom stereocenters. The quantitative estimate of drug-likeness (QED) is 0.501. The van der Waals surface area contributed by atoms with Crippen molar-refractivity contribution in [2.75, 3.05) is 0 Å². The fraction of sp³-hybridized carbons (Fsp3) is 0.167. The van der Waals surface area contributed by atoms with Gasteiger partial charge in [-0.05, 0) is 46.7 Å². The predicted molar refractivity (Wildman–Crippen MR) is 96.8 cm³/mol. The maximum atomic E-state index is 12.6. The van der Waals surface area contributed by atoms with E-state index in [0.29, 0.717) is 3.57 Å². The minimum atomic E-state index is -0.539. The predicted octanol–water partition coefficient (Wildman–Crippen LogP) is 3.84. The van der Waals surface area contributed by atoms with Crippen LogP contribution in [-0.2, 0) is 6.42 Å². The third-order valence-corrected chi connectivity index (χ3v) is 4.97. The van der Waals surface area contributed by atoms with Crippen LogP contribution >= 0.6 is 22.6 Å². The van der Waals surface area contributed by atoms with E-state index >= 15 is 0 Å². The summed E-state index contributed by atoms with van der Waals surface area (Å²) in [6.07, 6.45) is 1.32. The van der Waals surface area contributed by atoms with Gasteiger partial charge < -0.3 is 20.1 Å². The first-order valence-electron chi connectivity index (χ1n) is 7.30. The van der Waals surface area contributed by atoms with Crippen LogP contribution in [0.15, 0.2) is 36.9 Å². The number of halogens is 1. The number of aromatic hydroxyl groups is 3. The molecule has 3 N–H and O–H groups in total. The highest BCUT2D eigenvalue weighted by Crippen LogP contribution is 2.48. The third kappa shape index (κ3) is 2.71. The second-order valence-electron chi connectivity index (χ2n) is 5.51. The van der Waals surface area contributed by atoms with E-state index in [1.165, 1.54) is 12.1 Å². The molecule has 0 amide bonds. The zero-order valence-electron chi connectivity index (χ0n) is 12.6. The van der Waals surface area contributed by atoms with E-state index in [2.05, 4.69) is 6.58 Å². The Bertz CT molecular complexity index is 827. The molecule has 3 rings (SSSR count). The molecule has 0 spiro atoms. The molecule has 6 heteroatoms. The van der Waals surface area contributed by atoms with Gasteiger partial charge >= 0.3 is 0 Å². The van der Waals surface area contributed by atoms with Crippen molar-refractivity contribution in [2.24, 2.45) is 0 Å². The second kappa shape index (κ2) is 6.35. The Morgan fingerprint density at radius 2 is 1.88 bits per heavy atom. The first-order valence-corrected chi connectivity index (χ1v) is 8.37. The summed E-state index contributed by atoms with van der Waals surface area (Å²) < 4.78 is 6.28. The number of hydrogen-bond donors (Lipinski definition) is 3. The molecule has 0 saturated heterocycles. The van der Waals surface area contributed by atoms with Crippen LogP contribution in [0.1, 0.15) is 34.0 Å². The summed E-state index contributed by atoms with van der Waals surface area (Å²) in [5.74, 6) is -0.300. The number of carbonyl (C=O) groups excluding carboxylic acids is 1. The maximum Gasteiger partial charge on any atom is 0.174 e. The van der Waals surface area contributed by atoms with Gasteiger partial charge in [-0.2, -0.15) is 0 Å². The standard InChI is InChI=1S/C18H15IO5/c1-2-3-11-16(22)14-12(21)8-13(9-4-6-10(20)7-5-9)24-18(14)15(19)17(11)23/h2,4-7,13,20,22-23H,1,3,8H2. The zero-order chi connectivity index (χ0) is 17.4. The first kappa shape index (κ1) is 16.6. The average Bonchev–Trinajstić information content (AvgIpc) is 2.56. The average molecular weight is 438 g/mol. The Balaban J connectivity index is 2.09. The molecule has 0 aromatic heterocycles. The Kier molecular flexibility index (Phi) is 4.40. The van der Waals surface area contributed by atoms with E-state index < -0.39 is 6.10 Å². The van der Waals surface area contributed by atoms with Crippen LogP contribution in [0.2, 0.25) is 0 Å². The summed E-state index contributed by atoms with van der Waals surface area (Å²) >= 11 is 1.90. The van der Waals surface area contributed by atoms with Gasteiger partial charge in [-0.25, -0.2) is 0 Å². The number of phenols is 3. The number of allylic oxidation sites excluding steroid dienone is 1. The van der Waals surface area contributed by atoms with Gasteiger partial charge in [0.1, 0.15) is 28.9 Å². The Morgan fingerprint density at radius 3 is 2.50 bits per heavy atom. The Morgan fingerprint density at radius 1 is 1.21 bits per heavy atom. The summed E-state index contributed by atoms with van der Waals surface area (Å²) in [5.41, 5.74) is 1.11. The van der Waals surface area contributed by atoms with Gasteiger partial charge in [0.05, 0.1) is 9.99 Å². The lowest BCUT2D eigenvalue weighted by atomic mass is 9.93. The monoisotopic (exact) mass is 438 g/mol. The normalized spacial score (nSPS) is 16.4. The molecule has 2 aromatic rings. The minimum absolute atomic E-state index is 0.0692. The van der Waals surface area contributed by atoms with Crippen LogP contribution in [0.25, 0.3) is 0 Å². The SMILES string of the molecule is C=CCc1c(O)c(I)c2c(c1O)C(=O)CC(c1ccc(O)cc1)O2. The molecule has 0 fully saturated rings. The summed E-state index contributed by atoms with van der Waals surface area (Å²) in [4.78, 5) is 12.6. The lowest BCUT2D eigenvalue weighted by molar-refractivity contribution is 0.0842. The molecule has 1 aliphatic heterocycles. The van der Waals surface area contributed by atoms with E-state index in [-0.39, 0.29) is 52.7 Å². The van der Waals surface area contributed by atoms with Crippen molar-refractivity contribution in [1.29, 1.82) is 0 Å². The molecule has 0 aliphatic carbocycles. The number of rotatable bonds is 3. The Hall–Kier alpha value is -2.22. The number of carbonyl (C=O) groups is 1. The van der Waals surface area contributed by atoms with Gasteiger partial charge in [0.2, 0.25) is 0 Å². The highest BCUT2D eigenvalue weighted by Gasteiger charge is 2.35. The number of ketones is 1. The van der Waals surface area contributed by atoms with Gasteiger partial charge in [-0.1, -0.05) is 18.2 Å². The zero-order valence-corrected chi connectivity index (χ0v) is 14.8. The molecule has 124 valence electrons. The Labute approximate surface area is 152 Å². The molecule has 5 nitrogen and oxygen atoms in total. The van der Waals surface area contributed by atoms with Gasteiger partial charge in [0.15, 0.2) is 11.5 Å². The van der Waals surface area contributed by atoms with Crippen molar-refractivity contribution >= 4 is 28.4 Å². The first-order chi connectivity index (χ1) is 11.4. The molecule has 0 saturated carbocycles. The molecule has 1 aliphatic rings. The molecule has 1 heterocycles. The van der Waals surface area contributed by atoms with Crippen LogP contribution in [0.5, 0.6) is 23.0 Å². The van der Waals surface area contributed by atoms with Crippen molar-refractivity contribution < 1.29 is 24.9 Å². The smallest absolute Gasteiger partial charge is 0.174 e. The molecule has 2 aromatic carbocycles. The minimum Gasteiger partial charge on any atom is -0.508 e. The number of Topliss-reactive ketones (excluding diaryl/α,β-unsaturated/α-hetero) is 1. The molecule has 0 radical (unpaired) electrons. The highest BCUT2D eigenvalue weighted by atomic mass is 127. The topological polar surface area (TPSA) is 87.0 Å². The summed E-state index contributed by atoms with van der Waals surface area (Å²) in [7, 11) is 0. The van der Waals surface area contributed by atoms with Crippen LogP contribution in [0, 0.1) is 3.57 Å². The van der Waals surface area contributed by atoms with Crippen LogP contribution < -0.4 is 4.74 Å². The van der Waals surface area contributed by atoms with E-state index in [0.717, 1.165) is 5.56 Å². The lowest BCUT2D eigenvalue weighted by Gasteiger charge is -2.28. The summed E-state index contributed by atoms with van der Waals surface area (Å²) in [6, 6.07) is 6.39. The van der Waals surface area contributed by atoms with E-state index in [4.69, 9.17) is 4.74 Å².